The third-order valence-electron chi connectivity index (χ3n) is 7.66. The predicted octanol–water partition coefficient (Wildman–Crippen LogP) is 5.21. The highest BCUT2D eigenvalue weighted by molar-refractivity contribution is 5.96. The van der Waals surface area contributed by atoms with Crippen molar-refractivity contribution in [1.29, 1.82) is 0 Å². The molecule has 6 heteroatoms. The number of benzene rings is 2. The van der Waals surface area contributed by atoms with E-state index >= 15 is 0 Å². The van der Waals surface area contributed by atoms with E-state index in [9.17, 15) is 0 Å². The van der Waals surface area contributed by atoms with Gasteiger partial charge in [0.2, 0.25) is 0 Å². The Morgan fingerprint density at radius 2 is 1.75 bits per heavy atom. The maximum atomic E-state index is 6.26. The third kappa shape index (κ3) is 5.76. The van der Waals surface area contributed by atoms with Crippen molar-refractivity contribution in [2.75, 3.05) is 64.9 Å². The Balaban J connectivity index is 1.44. The molecule has 5 rings (SSSR count). The number of fused-ring (bicyclic) bond motifs is 1. The van der Waals surface area contributed by atoms with E-state index in [2.05, 4.69) is 63.6 Å². The molecule has 0 aliphatic carbocycles. The summed E-state index contributed by atoms with van der Waals surface area (Å²) in [5.41, 5.74) is 4.33. The number of pyridine rings is 1. The van der Waals surface area contributed by atoms with Crippen LogP contribution in [0.15, 0.2) is 48.5 Å². The molecule has 2 saturated heterocycles. The Morgan fingerprint density at radius 1 is 0.972 bits per heavy atom. The third-order valence-corrected chi connectivity index (χ3v) is 7.66. The van der Waals surface area contributed by atoms with Gasteiger partial charge in [0.15, 0.2) is 11.5 Å². The molecule has 0 radical (unpaired) electrons. The summed E-state index contributed by atoms with van der Waals surface area (Å²) in [4.78, 5) is 10.1. The monoisotopic (exact) mass is 488 g/mol. The predicted molar refractivity (Wildman–Crippen MR) is 148 cm³/mol. The number of likely N-dealkylation sites (tertiary alicyclic amines) is 1. The molecule has 0 bridgehead atoms. The van der Waals surface area contributed by atoms with Crippen LogP contribution in [-0.4, -0.2) is 69.9 Å². The summed E-state index contributed by atoms with van der Waals surface area (Å²) < 4.78 is 12.1. The van der Waals surface area contributed by atoms with E-state index in [-0.39, 0.29) is 0 Å². The molecule has 3 heterocycles. The molecule has 0 atom stereocenters. The first kappa shape index (κ1) is 24.8. The van der Waals surface area contributed by atoms with Gasteiger partial charge >= 0.3 is 0 Å². The molecule has 2 aliphatic rings. The van der Waals surface area contributed by atoms with Crippen LogP contribution in [0.2, 0.25) is 0 Å². The molecule has 0 unspecified atom stereocenters. The van der Waals surface area contributed by atoms with E-state index in [1.807, 2.05) is 7.05 Å². The van der Waals surface area contributed by atoms with Crippen LogP contribution in [0, 0.1) is 5.92 Å². The molecule has 0 saturated carbocycles. The van der Waals surface area contributed by atoms with Crippen LogP contribution in [0.1, 0.15) is 32.1 Å². The van der Waals surface area contributed by atoms with Crippen molar-refractivity contribution in [3.05, 3.63) is 48.5 Å². The van der Waals surface area contributed by atoms with Crippen LogP contribution in [-0.2, 0) is 0 Å². The Kier molecular flexibility index (Phi) is 8.24. The highest BCUT2D eigenvalue weighted by Gasteiger charge is 2.22. The lowest BCUT2D eigenvalue weighted by Gasteiger charge is -2.34. The average molecular weight is 489 g/mol. The number of anilines is 1. The number of hydrogen-bond donors (Lipinski definition) is 1. The summed E-state index contributed by atoms with van der Waals surface area (Å²) >= 11 is 0. The van der Waals surface area contributed by atoms with E-state index in [0.717, 1.165) is 72.2 Å². The smallest absolute Gasteiger partial charge is 0.163 e. The second kappa shape index (κ2) is 11.9. The van der Waals surface area contributed by atoms with E-state index in [0.29, 0.717) is 6.61 Å². The van der Waals surface area contributed by atoms with Gasteiger partial charge < -0.3 is 24.6 Å². The van der Waals surface area contributed by atoms with E-state index in [1.54, 1.807) is 7.11 Å². The molecular formula is C30H40N4O2. The van der Waals surface area contributed by atoms with Crippen LogP contribution < -0.4 is 19.7 Å². The largest absolute Gasteiger partial charge is 0.493 e. The zero-order valence-corrected chi connectivity index (χ0v) is 21.8. The van der Waals surface area contributed by atoms with Gasteiger partial charge in [0.05, 0.1) is 24.9 Å². The number of methoxy groups -OCH3 is 1. The lowest BCUT2D eigenvalue weighted by atomic mass is 9.95. The Hall–Kier alpha value is -2.83. The number of aromatic nitrogens is 1. The van der Waals surface area contributed by atoms with Gasteiger partial charge in [0, 0.05) is 42.3 Å². The van der Waals surface area contributed by atoms with Gasteiger partial charge in [-0.2, -0.15) is 0 Å². The highest BCUT2D eigenvalue weighted by atomic mass is 16.5. The van der Waals surface area contributed by atoms with E-state index < -0.39 is 0 Å². The number of nitrogens with one attached hydrogen (secondary N) is 1. The van der Waals surface area contributed by atoms with Crippen molar-refractivity contribution >= 4 is 16.6 Å². The van der Waals surface area contributed by atoms with Gasteiger partial charge in [-0.05, 0) is 76.8 Å². The minimum Gasteiger partial charge on any atom is -0.493 e. The zero-order valence-electron chi connectivity index (χ0n) is 21.8. The molecule has 2 fully saturated rings. The first-order chi connectivity index (χ1) is 17.7. The summed E-state index contributed by atoms with van der Waals surface area (Å²) in [5.74, 6) is 2.30. The van der Waals surface area contributed by atoms with E-state index in [1.165, 1.54) is 44.5 Å². The van der Waals surface area contributed by atoms with Crippen molar-refractivity contribution in [2.45, 2.75) is 32.1 Å². The molecule has 6 nitrogen and oxygen atoms in total. The lowest BCUT2D eigenvalue weighted by Crippen LogP contribution is -2.36. The second-order valence-electron chi connectivity index (χ2n) is 10.2. The zero-order chi connectivity index (χ0) is 24.7. The van der Waals surface area contributed by atoms with E-state index in [4.69, 9.17) is 14.5 Å². The quantitative estimate of drug-likeness (QED) is 0.395. The Labute approximate surface area is 215 Å². The van der Waals surface area contributed by atoms with Crippen molar-refractivity contribution < 1.29 is 9.47 Å². The SMILES string of the molecule is CNCC1CCN(c2cc(-c3ccccc3)nc3cc(OCCCN4CCCC4)c(OC)cc23)CC1. The van der Waals surface area contributed by atoms with Gasteiger partial charge in [-0.1, -0.05) is 30.3 Å². The number of hydrogen-bond acceptors (Lipinski definition) is 6. The molecule has 0 spiro atoms. The van der Waals surface area contributed by atoms with Gasteiger partial charge in [-0.25, -0.2) is 4.98 Å². The summed E-state index contributed by atoms with van der Waals surface area (Å²) in [6, 6.07) is 16.9. The van der Waals surface area contributed by atoms with Gasteiger partial charge in [0.25, 0.3) is 0 Å². The number of ether oxygens (including phenoxy) is 2. The Bertz CT molecular complexity index is 1120. The fourth-order valence-corrected chi connectivity index (χ4v) is 5.65. The lowest BCUT2D eigenvalue weighted by molar-refractivity contribution is 0.254. The van der Waals surface area contributed by atoms with Crippen LogP contribution >= 0.6 is 0 Å². The maximum Gasteiger partial charge on any atom is 0.163 e. The first-order valence-electron chi connectivity index (χ1n) is 13.6. The van der Waals surface area contributed by atoms with Gasteiger partial charge in [-0.15, -0.1) is 0 Å². The normalized spacial score (nSPS) is 17.1. The van der Waals surface area contributed by atoms with Crippen molar-refractivity contribution in [2.24, 2.45) is 5.92 Å². The standard InChI is InChI=1S/C30H40N4O2/c1-31-22-23-11-16-34(17-12-23)28-20-26(24-9-4-3-5-10-24)32-27-21-30(29(35-2)19-25(27)28)36-18-8-15-33-13-6-7-14-33/h3-5,9-10,19-21,23,31H,6-8,11-18,22H2,1-2H3. The molecular weight excluding hydrogens is 448 g/mol. The molecule has 36 heavy (non-hydrogen) atoms. The Morgan fingerprint density at radius 3 is 2.47 bits per heavy atom. The fraction of sp³-hybridized carbons (Fsp3) is 0.500. The van der Waals surface area contributed by atoms with Crippen LogP contribution in [0.3, 0.4) is 0 Å². The van der Waals surface area contributed by atoms with Crippen LogP contribution in [0.4, 0.5) is 5.69 Å². The maximum absolute atomic E-state index is 6.26. The van der Waals surface area contributed by atoms with Gasteiger partial charge in [-0.3, -0.25) is 0 Å². The fourth-order valence-electron chi connectivity index (χ4n) is 5.65. The minimum absolute atomic E-state index is 0.683. The average Bonchev–Trinajstić information content (AvgIpc) is 3.45. The summed E-state index contributed by atoms with van der Waals surface area (Å²) in [6.07, 6.45) is 6.06. The topological polar surface area (TPSA) is 49.9 Å². The summed E-state index contributed by atoms with van der Waals surface area (Å²) in [7, 11) is 3.78. The van der Waals surface area contributed by atoms with Crippen molar-refractivity contribution in [3.8, 4) is 22.8 Å². The number of rotatable bonds is 10. The number of piperidine rings is 1. The molecule has 1 aromatic heterocycles. The molecule has 192 valence electrons. The summed E-state index contributed by atoms with van der Waals surface area (Å²) in [6.45, 7) is 7.42. The highest BCUT2D eigenvalue weighted by Crippen LogP contribution is 2.39. The van der Waals surface area contributed by atoms with Gasteiger partial charge in [0.1, 0.15) is 0 Å². The minimum atomic E-state index is 0.683. The van der Waals surface area contributed by atoms with Crippen molar-refractivity contribution in [3.63, 3.8) is 0 Å². The molecule has 3 aromatic rings. The molecule has 1 N–H and O–H groups in total. The van der Waals surface area contributed by atoms with Crippen molar-refractivity contribution in [1.82, 2.24) is 15.2 Å². The molecule has 2 aromatic carbocycles. The second-order valence-corrected chi connectivity index (χ2v) is 10.2. The molecule has 2 aliphatic heterocycles. The molecule has 0 amide bonds. The van der Waals surface area contributed by atoms with Crippen LogP contribution in [0.5, 0.6) is 11.5 Å². The first-order valence-corrected chi connectivity index (χ1v) is 13.6. The summed E-state index contributed by atoms with van der Waals surface area (Å²) in [5, 5.41) is 4.48. The van der Waals surface area contributed by atoms with Crippen LogP contribution in [0.25, 0.3) is 22.2 Å². The number of nitrogens with zero attached hydrogens (tertiary/aromatic N) is 3.